The molecule has 0 fully saturated rings. The lowest BCUT2D eigenvalue weighted by Crippen LogP contribution is -2.16. The Morgan fingerprint density at radius 3 is 3.19 bits per heavy atom. The zero-order chi connectivity index (χ0) is 11.4. The number of aromatic nitrogens is 2. The predicted octanol–water partition coefficient (Wildman–Crippen LogP) is 2.90. The molecule has 0 unspecified atom stereocenters. The summed E-state index contributed by atoms with van der Waals surface area (Å²) in [4.78, 5) is 1.36. The maximum Gasteiger partial charge on any atom is 0.0538 e. The summed E-state index contributed by atoms with van der Waals surface area (Å²) in [5.41, 5.74) is 1.17. The average Bonchev–Trinajstić information content (AvgIpc) is 2.96. The quantitative estimate of drug-likeness (QED) is 0.860. The summed E-state index contributed by atoms with van der Waals surface area (Å²) < 4.78 is 1.72. The minimum atomic E-state index is 0.382. The van der Waals surface area contributed by atoms with E-state index in [9.17, 15) is 0 Å². The number of rotatable bonds is 5. The van der Waals surface area contributed by atoms with E-state index in [0.29, 0.717) is 6.04 Å². The van der Waals surface area contributed by atoms with Gasteiger partial charge in [0.1, 0.15) is 0 Å². The van der Waals surface area contributed by atoms with Gasteiger partial charge in [-0.3, -0.25) is 0 Å². The fourth-order valence-corrected chi connectivity index (χ4v) is 2.24. The van der Waals surface area contributed by atoms with E-state index >= 15 is 0 Å². The molecule has 0 bridgehead atoms. The van der Waals surface area contributed by atoms with Gasteiger partial charge in [0, 0.05) is 35.4 Å². The van der Waals surface area contributed by atoms with E-state index in [1.807, 2.05) is 12.4 Å². The predicted molar refractivity (Wildman–Crippen MR) is 68.2 cm³/mol. The zero-order valence-corrected chi connectivity index (χ0v) is 10.1. The number of thiophene rings is 1. The maximum absolute atomic E-state index is 4.14. The first-order chi connectivity index (χ1) is 7.79. The molecule has 2 rings (SSSR count). The summed E-state index contributed by atoms with van der Waals surface area (Å²) in [7, 11) is 0. The fraction of sp³-hybridized carbons (Fsp3) is 0.250. The standard InChI is InChI=1S/C12H15N3S/c1-3-15-9-11(8-14-15)7-13-10(2)12-5-4-6-16-12/h3-6,8-10,13H,1,7H2,2H3/t10-/m1/s1. The summed E-state index contributed by atoms with van der Waals surface area (Å²) in [5.74, 6) is 0. The normalized spacial score (nSPS) is 12.6. The fourth-order valence-electron chi connectivity index (χ4n) is 1.48. The van der Waals surface area contributed by atoms with E-state index in [-0.39, 0.29) is 0 Å². The lowest BCUT2D eigenvalue weighted by Gasteiger charge is -2.10. The molecule has 0 aliphatic carbocycles. The Balaban J connectivity index is 1.89. The molecule has 0 aliphatic heterocycles. The lowest BCUT2D eigenvalue weighted by atomic mass is 10.2. The van der Waals surface area contributed by atoms with Crippen molar-refractivity contribution in [1.82, 2.24) is 15.1 Å². The summed E-state index contributed by atoms with van der Waals surface area (Å²) in [6.07, 6.45) is 5.52. The Labute approximate surface area is 99.4 Å². The van der Waals surface area contributed by atoms with Crippen LogP contribution in [0.15, 0.2) is 36.5 Å². The van der Waals surface area contributed by atoms with Crippen LogP contribution in [0.25, 0.3) is 6.20 Å². The lowest BCUT2D eigenvalue weighted by molar-refractivity contribution is 0.583. The van der Waals surface area contributed by atoms with Crippen molar-refractivity contribution in [1.29, 1.82) is 0 Å². The molecule has 2 aromatic heterocycles. The van der Waals surface area contributed by atoms with Crippen molar-refractivity contribution in [2.45, 2.75) is 19.5 Å². The SMILES string of the molecule is C=Cn1cc(CN[C@H](C)c2cccs2)cn1. The van der Waals surface area contributed by atoms with Crippen molar-refractivity contribution < 1.29 is 0 Å². The van der Waals surface area contributed by atoms with Crippen LogP contribution < -0.4 is 5.32 Å². The second-order valence-corrected chi connectivity index (χ2v) is 4.61. The van der Waals surface area contributed by atoms with E-state index in [2.05, 4.69) is 41.4 Å². The molecule has 2 aromatic rings. The van der Waals surface area contributed by atoms with Crippen LogP contribution in [0.4, 0.5) is 0 Å². The third-order valence-electron chi connectivity index (χ3n) is 2.42. The molecule has 0 aromatic carbocycles. The first-order valence-corrected chi connectivity index (χ1v) is 6.10. The van der Waals surface area contributed by atoms with Crippen LogP contribution in [0.5, 0.6) is 0 Å². The number of hydrogen-bond acceptors (Lipinski definition) is 3. The maximum atomic E-state index is 4.14. The first-order valence-electron chi connectivity index (χ1n) is 5.22. The van der Waals surface area contributed by atoms with E-state index in [1.54, 1.807) is 22.2 Å². The van der Waals surface area contributed by atoms with E-state index in [4.69, 9.17) is 0 Å². The third-order valence-corrected chi connectivity index (χ3v) is 3.48. The number of hydrogen-bond donors (Lipinski definition) is 1. The highest BCUT2D eigenvalue weighted by Gasteiger charge is 2.05. The van der Waals surface area contributed by atoms with Gasteiger partial charge in [-0.25, -0.2) is 4.68 Å². The summed E-state index contributed by atoms with van der Waals surface area (Å²) in [6.45, 7) is 6.66. The van der Waals surface area contributed by atoms with Gasteiger partial charge in [0.2, 0.25) is 0 Å². The van der Waals surface area contributed by atoms with Crippen LogP contribution in [0, 0.1) is 0 Å². The topological polar surface area (TPSA) is 29.9 Å². The molecule has 1 N–H and O–H groups in total. The molecule has 0 spiro atoms. The van der Waals surface area contributed by atoms with E-state index in [0.717, 1.165) is 6.54 Å². The highest BCUT2D eigenvalue weighted by Crippen LogP contribution is 2.18. The molecule has 0 radical (unpaired) electrons. The van der Waals surface area contributed by atoms with Gasteiger partial charge >= 0.3 is 0 Å². The average molecular weight is 233 g/mol. The summed E-state index contributed by atoms with van der Waals surface area (Å²) in [5, 5.41) is 9.70. The summed E-state index contributed by atoms with van der Waals surface area (Å²) >= 11 is 1.78. The Morgan fingerprint density at radius 2 is 2.56 bits per heavy atom. The van der Waals surface area contributed by atoms with Gasteiger partial charge in [0.15, 0.2) is 0 Å². The largest absolute Gasteiger partial charge is 0.305 e. The Bertz CT molecular complexity index is 445. The number of nitrogens with zero attached hydrogens (tertiary/aromatic N) is 2. The monoisotopic (exact) mass is 233 g/mol. The second kappa shape index (κ2) is 5.09. The van der Waals surface area contributed by atoms with Crippen molar-refractivity contribution in [2.24, 2.45) is 0 Å². The van der Waals surface area contributed by atoms with E-state index in [1.165, 1.54) is 10.4 Å². The Morgan fingerprint density at radius 1 is 1.69 bits per heavy atom. The van der Waals surface area contributed by atoms with Crippen molar-refractivity contribution >= 4 is 17.5 Å². The van der Waals surface area contributed by atoms with Crippen LogP contribution >= 0.6 is 11.3 Å². The van der Waals surface area contributed by atoms with Crippen LogP contribution in [0.1, 0.15) is 23.4 Å². The molecule has 0 aliphatic rings. The molecular weight excluding hydrogens is 218 g/mol. The molecule has 0 amide bonds. The van der Waals surface area contributed by atoms with Crippen LogP contribution in [-0.4, -0.2) is 9.78 Å². The molecule has 0 saturated heterocycles. The first kappa shape index (κ1) is 11.1. The minimum Gasteiger partial charge on any atom is -0.305 e. The highest BCUT2D eigenvalue weighted by atomic mass is 32.1. The van der Waals surface area contributed by atoms with Gasteiger partial charge in [-0.2, -0.15) is 5.10 Å². The zero-order valence-electron chi connectivity index (χ0n) is 9.26. The molecule has 4 heteroatoms. The van der Waals surface area contributed by atoms with Gasteiger partial charge in [0.05, 0.1) is 6.20 Å². The molecule has 1 atom stereocenters. The van der Waals surface area contributed by atoms with Crippen molar-refractivity contribution in [2.75, 3.05) is 0 Å². The van der Waals surface area contributed by atoms with Crippen molar-refractivity contribution in [3.05, 3.63) is 46.9 Å². The van der Waals surface area contributed by atoms with Gasteiger partial charge in [0.25, 0.3) is 0 Å². The molecule has 0 saturated carbocycles. The summed E-state index contributed by atoms with van der Waals surface area (Å²) in [6, 6.07) is 4.61. The third kappa shape index (κ3) is 2.59. The minimum absolute atomic E-state index is 0.382. The molecule has 2 heterocycles. The van der Waals surface area contributed by atoms with Crippen molar-refractivity contribution in [3.8, 4) is 0 Å². The van der Waals surface area contributed by atoms with Gasteiger partial charge in [-0.1, -0.05) is 12.6 Å². The smallest absolute Gasteiger partial charge is 0.0538 e. The van der Waals surface area contributed by atoms with Crippen molar-refractivity contribution in [3.63, 3.8) is 0 Å². The Hall–Kier alpha value is -1.39. The highest BCUT2D eigenvalue weighted by molar-refractivity contribution is 7.10. The van der Waals surface area contributed by atoms with Crippen LogP contribution in [-0.2, 0) is 6.54 Å². The molecular formula is C12H15N3S. The number of nitrogens with one attached hydrogen (secondary N) is 1. The molecule has 84 valence electrons. The van der Waals surface area contributed by atoms with Crippen LogP contribution in [0.3, 0.4) is 0 Å². The van der Waals surface area contributed by atoms with Crippen LogP contribution in [0.2, 0.25) is 0 Å². The van der Waals surface area contributed by atoms with E-state index < -0.39 is 0 Å². The van der Waals surface area contributed by atoms with Gasteiger partial charge < -0.3 is 5.32 Å². The molecule has 3 nitrogen and oxygen atoms in total. The Kier molecular flexibility index (Phi) is 3.54. The molecule has 16 heavy (non-hydrogen) atoms. The second-order valence-electron chi connectivity index (χ2n) is 3.63. The van der Waals surface area contributed by atoms with Gasteiger partial charge in [-0.15, -0.1) is 11.3 Å². The van der Waals surface area contributed by atoms with Gasteiger partial charge in [-0.05, 0) is 18.4 Å².